The molecule has 5 heteroatoms. The SMILES string of the molecule is CCCCOc1nc(N)c2c(n1)C(Cc1ccc(C(C)N3CCCC3)cc1)=CC2. The van der Waals surface area contributed by atoms with Crippen LogP contribution in [0.25, 0.3) is 5.57 Å². The first-order chi connectivity index (χ1) is 14.2. The number of ether oxygens (including phenoxy) is 1. The second-order valence-electron chi connectivity index (χ2n) is 8.19. The Labute approximate surface area is 174 Å². The largest absolute Gasteiger partial charge is 0.463 e. The molecule has 154 valence electrons. The maximum atomic E-state index is 6.18. The van der Waals surface area contributed by atoms with Gasteiger partial charge in [0.05, 0.1) is 12.3 Å². The van der Waals surface area contributed by atoms with Crippen LogP contribution in [-0.4, -0.2) is 34.6 Å². The van der Waals surface area contributed by atoms with Crippen LogP contribution in [0.4, 0.5) is 5.82 Å². The van der Waals surface area contributed by atoms with Gasteiger partial charge in [-0.2, -0.15) is 9.97 Å². The first kappa shape index (κ1) is 19.9. The Bertz CT molecular complexity index is 869. The van der Waals surface area contributed by atoms with Crippen LogP contribution in [0.5, 0.6) is 6.01 Å². The summed E-state index contributed by atoms with van der Waals surface area (Å²) in [6.07, 6.45) is 8.61. The molecular formula is C24H32N4O. The molecule has 1 unspecified atom stereocenters. The third-order valence-electron chi connectivity index (χ3n) is 6.15. The Kier molecular flexibility index (Phi) is 6.14. The molecule has 1 aliphatic heterocycles. The third-order valence-corrected chi connectivity index (χ3v) is 6.15. The van der Waals surface area contributed by atoms with Gasteiger partial charge in [-0.1, -0.05) is 43.7 Å². The molecule has 0 radical (unpaired) electrons. The number of likely N-dealkylation sites (tertiary alicyclic amines) is 1. The Morgan fingerprint density at radius 2 is 1.90 bits per heavy atom. The smallest absolute Gasteiger partial charge is 0.318 e. The van der Waals surface area contributed by atoms with Crippen LogP contribution in [0.2, 0.25) is 0 Å². The molecule has 0 amide bonds. The van der Waals surface area contributed by atoms with Crippen molar-refractivity contribution in [2.75, 3.05) is 25.4 Å². The zero-order valence-corrected chi connectivity index (χ0v) is 17.7. The van der Waals surface area contributed by atoms with Crippen LogP contribution in [-0.2, 0) is 12.8 Å². The van der Waals surface area contributed by atoms with Crippen molar-refractivity contribution in [3.05, 3.63) is 52.7 Å². The lowest BCUT2D eigenvalue weighted by Crippen LogP contribution is -2.23. The fraction of sp³-hybridized carbons (Fsp3) is 0.500. The van der Waals surface area contributed by atoms with Crippen LogP contribution < -0.4 is 10.5 Å². The number of unbranched alkanes of at least 4 members (excludes halogenated alkanes) is 1. The predicted molar refractivity (Wildman–Crippen MR) is 118 cm³/mol. The number of aromatic nitrogens is 2. The molecule has 1 aromatic heterocycles. The van der Waals surface area contributed by atoms with E-state index < -0.39 is 0 Å². The van der Waals surface area contributed by atoms with E-state index in [1.165, 1.54) is 42.6 Å². The van der Waals surface area contributed by atoms with Gasteiger partial charge in [0.25, 0.3) is 0 Å². The van der Waals surface area contributed by atoms with E-state index in [0.717, 1.165) is 36.9 Å². The maximum absolute atomic E-state index is 6.18. The van der Waals surface area contributed by atoms with Gasteiger partial charge in [-0.3, -0.25) is 4.90 Å². The molecule has 2 N–H and O–H groups in total. The minimum atomic E-state index is 0.400. The average Bonchev–Trinajstić information content (AvgIpc) is 3.39. The summed E-state index contributed by atoms with van der Waals surface area (Å²) < 4.78 is 5.71. The van der Waals surface area contributed by atoms with Crippen molar-refractivity contribution < 1.29 is 4.74 Å². The molecule has 1 saturated heterocycles. The van der Waals surface area contributed by atoms with Gasteiger partial charge >= 0.3 is 6.01 Å². The minimum absolute atomic E-state index is 0.400. The van der Waals surface area contributed by atoms with E-state index in [4.69, 9.17) is 10.5 Å². The highest BCUT2D eigenvalue weighted by Crippen LogP contribution is 2.33. The first-order valence-electron chi connectivity index (χ1n) is 11.0. The number of fused-ring (bicyclic) bond motifs is 1. The van der Waals surface area contributed by atoms with Crippen LogP contribution in [0.3, 0.4) is 0 Å². The molecule has 0 spiro atoms. The third kappa shape index (κ3) is 4.45. The summed E-state index contributed by atoms with van der Waals surface area (Å²) in [6.45, 7) is 7.52. The number of hydrogen-bond acceptors (Lipinski definition) is 5. The van der Waals surface area contributed by atoms with Gasteiger partial charge in [0.15, 0.2) is 0 Å². The molecule has 4 rings (SSSR count). The molecule has 5 nitrogen and oxygen atoms in total. The fourth-order valence-electron chi connectivity index (χ4n) is 4.27. The zero-order chi connectivity index (χ0) is 20.2. The number of anilines is 1. The number of nitrogens with two attached hydrogens (primary N) is 1. The Hall–Kier alpha value is -2.40. The Morgan fingerprint density at radius 1 is 1.14 bits per heavy atom. The van der Waals surface area contributed by atoms with Crippen molar-refractivity contribution in [3.8, 4) is 6.01 Å². The molecule has 0 bridgehead atoms. The predicted octanol–water partition coefficient (Wildman–Crippen LogP) is 4.58. The van der Waals surface area contributed by atoms with Crippen molar-refractivity contribution in [2.45, 2.75) is 58.4 Å². The fourth-order valence-corrected chi connectivity index (χ4v) is 4.27. The van der Waals surface area contributed by atoms with Gasteiger partial charge in [0.2, 0.25) is 0 Å². The highest BCUT2D eigenvalue weighted by Gasteiger charge is 2.22. The molecule has 29 heavy (non-hydrogen) atoms. The molecule has 0 saturated carbocycles. The second-order valence-corrected chi connectivity index (χ2v) is 8.19. The molecule has 2 heterocycles. The summed E-state index contributed by atoms with van der Waals surface area (Å²) in [5.74, 6) is 0.544. The molecule has 1 aromatic carbocycles. The van der Waals surface area contributed by atoms with Crippen molar-refractivity contribution >= 4 is 11.4 Å². The van der Waals surface area contributed by atoms with Gasteiger partial charge in [0, 0.05) is 11.6 Å². The monoisotopic (exact) mass is 392 g/mol. The van der Waals surface area contributed by atoms with Crippen LogP contribution in [0, 0.1) is 0 Å². The lowest BCUT2D eigenvalue weighted by atomic mass is 10.00. The van der Waals surface area contributed by atoms with Crippen LogP contribution >= 0.6 is 0 Å². The quantitative estimate of drug-likeness (QED) is 0.666. The number of nitrogen functional groups attached to an aromatic ring is 1. The van der Waals surface area contributed by atoms with Gasteiger partial charge in [-0.15, -0.1) is 0 Å². The minimum Gasteiger partial charge on any atom is -0.463 e. The summed E-state index contributed by atoms with van der Waals surface area (Å²) in [7, 11) is 0. The van der Waals surface area contributed by atoms with Gasteiger partial charge in [0.1, 0.15) is 5.82 Å². The van der Waals surface area contributed by atoms with Crippen molar-refractivity contribution in [2.24, 2.45) is 0 Å². The van der Waals surface area contributed by atoms with Crippen molar-refractivity contribution in [1.82, 2.24) is 14.9 Å². The van der Waals surface area contributed by atoms with E-state index in [0.29, 0.717) is 24.5 Å². The topological polar surface area (TPSA) is 64.3 Å². The molecule has 1 atom stereocenters. The number of nitrogens with zero attached hydrogens (tertiary/aromatic N) is 3. The van der Waals surface area contributed by atoms with Crippen LogP contribution in [0.15, 0.2) is 30.3 Å². The standard InChI is InChI=1S/C24H32N4O/c1-3-4-15-29-24-26-22-20(11-12-21(22)23(25)27-24)16-18-7-9-19(10-8-18)17(2)28-13-5-6-14-28/h7-11,17H,3-6,12-16H2,1-2H3,(H2,25,26,27). The summed E-state index contributed by atoms with van der Waals surface area (Å²) in [4.78, 5) is 11.6. The maximum Gasteiger partial charge on any atom is 0.318 e. The van der Waals surface area contributed by atoms with Gasteiger partial charge < -0.3 is 10.5 Å². The number of benzene rings is 1. The van der Waals surface area contributed by atoms with Gasteiger partial charge in [-0.25, -0.2) is 0 Å². The van der Waals surface area contributed by atoms with E-state index in [1.54, 1.807) is 0 Å². The second kappa shape index (κ2) is 8.95. The number of hydrogen-bond donors (Lipinski definition) is 1. The summed E-state index contributed by atoms with van der Waals surface area (Å²) >= 11 is 0. The lowest BCUT2D eigenvalue weighted by Gasteiger charge is -2.24. The molecule has 1 fully saturated rings. The molecule has 2 aliphatic rings. The zero-order valence-electron chi connectivity index (χ0n) is 17.7. The summed E-state index contributed by atoms with van der Waals surface area (Å²) in [5, 5.41) is 0. The van der Waals surface area contributed by atoms with E-state index in [2.05, 4.69) is 59.1 Å². The van der Waals surface area contributed by atoms with E-state index >= 15 is 0 Å². The lowest BCUT2D eigenvalue weighted by molar-refractivity contribution is 0.263. The number of allylic oxidation sites excluding steroid dienone is 2. The summed E-state index contributed by atoms with van der Waals surface area (Å²) in [6, 6.07) is 9.96. The highest BCUT2D eigenvalue weighted by molar-refractivity contribution is 5.75. The normalized spacial score (nSPS) is 17.2. The van der Waals surface area contributed by atoms with Crippen molar-refractivity contribution in [3.63, 3.8) is 0 Å². The highest BCUT2D eigenvalue weighted by atomic mass is 16.5. The van der Waals surface area contributed by atoms with E-state index in [9.17, 15) is 0 Å². The van der Waals surface area contributed by atoms with Crippen LogP contribution in [0.1, 0.15) is 68.0 Å². The van der Waals surface area contributed by atoms with E-state index in [-0.39, 0.29) is 0 Å². The first-order valence-corrected chi connectivity index (χ1v) is 11.0. The average molecular weight is 393 g/mol. The molecule has 2 aromatic rings. The van der Waals surface area contributed by atoms with Crippen molar-refractivity contribution in [1.29, 1.82) is 0 Å². The Balaban J connectivity index is 1.46. The Morgan fingerprint density at radius 3 is 2.62 bits per heavy atom. The van der Waals surface area contributed by atoms with E-state index in [1.807, 2.05) is 0 Å². The summed E-state index contributed by atoms with van der Waals surface area (Å²) in [5.41, 5.74) is 12.1. The van der Waals surface area contributed by atoms with Gasteiger partial charge in [-0.05, 0) is 68.8 Å². The number of rotatable bonds is 8. The molecular weight excluding hydrogens is 360 g/mol. The molecule has 1 aliphatic carbocycles.